The van der Waals surface area contributed by atoms with Gasteiger partial charge in [0.1, 0.15) is 23.9 Å². The van der Waals surface area contributed by atoms with Gasteiger partial charge in [0.05, 0.1) is 12.7 Å². The molecule has 1 aliphatic heterocycles. The van der Waals surface area contributed by atoms with Gasteiger partial charge in [-0.2, -0.15) is 0 Å². The van der Waals surface area contributed by atoms with Gasteiger partial charge in [-0.1, -0.05) is 30.3 Å². The van der Waals surface area contributed by atoms with E-state index in [1.165, 1.54) is 0 Å². The Bertz CT molecular complexity index is 1330. The van der Waals surface area contributed by atoms with Gasteiger partial charge >= 0.3 is 0 Å². The number of hydrogen-bond acceptors (Lipinski definition) is 4. The Hall–Kier alpha value is -3.99. The van der Waals surface area contributed by atoms with E-state index < -0.39 is 0 Å². The number of nitrogens with zero attached hydrogens (tertiary/aromatic N) is 1. The normalized spacial score (nSPS) is 14.0. The fraction of sp³-hybridized carbons (Fsp3) is 0.115. The Morgan fingerprint density at radius 1 is 1.00 bits per heavy atom. The second kappa shape index (κ2) is 7.69. The number of fused-ring (bicyclic) bond motifs is 2. The first-order valence-electron chi connectivity index (χ1n) is 10.0. The maximum Gasteiger partial charge on any atom is 0.231 e. The van der Waals surface area contributed by atoms with Crippen LogP contribution in [0.1, 0.15) is 21.5 Å². The molecule has 0 bridgehead atoms. The van der Waals surface area contributed by atoms with Crippen LogP contribution in [0.15, 0.2) is 78.7 Å². The molecule has 3 aromatic carbocycles. The van der Waals surface area contributed by atoms with Crippen molar-refractivity contribution >= 4 is 22.8 Å². The number of Topliss-reactive ketones (excluding diaryl/α,β-unsaturated/α-hetero) is 1. The fourth-order valence-electron chi connectivity index (χ4n) is 3.82. The number of hydrogen-bond donors (Lipinski definition) is 0. The van der Waals surface area contributed by atoms with Crippen LogP contribution in [0.3, 0.4) is 0 Å². The zero-order valence-electron chi connectivity index (χ0n) is 17.3. The number of ketones is 1. The third-order valence-electron chi connectivity index (χ3n) is 5.40. The van der Waals surface area contributed by atoms with E-state index in [0.717, 1.165) is 27.8 Å². The Morgan fingerprint density at radius 2 is 1.87 bits per heavy atom. The van der Waals surface area contributed by atoms with Gasteiger partial charge in [-0.25, -0.2) is 0 Å². The SMILES string of the molecule is COc1cccc(COc2ccc3c(c2)O/C(=C/c2cn(C)c4ccccc24)C3=O)c1. The van der Waals surface area contributed by atoms with Crippen LogP contribution in [0.25, 0.3) is 17.0 Å². The molecule has 4 aromatic rings. The van der Waals surface area contributed by atoms with Crippen molar-refractivity contribution in [1.29, 1.82) is 0 Å². The lowest BCUT2D eigenvalue weighted by atomic mass is 10.1. The van der Waals surface area contributed by atoms with E-state index >= 15 is 0 Å². The third-order valence-corrected chi connectivity index (χ3v) is 5.40. The lowest BCUT2D eigenvalue weighted by Gasteiger charge is -2.08. The van der Waals surface area contributed by atoms with Crippen molar-refractivity contribution in [3.8, 4) is 17.2 Å². The zero-order valence-corrected chi connectivity index (χ0v) is 17.3. The van der Waals surface area contributed by atoms with Crippen molar-refractivity contribution < 1.29 is 19.0 Å². The number of benzene rings is 3. The van der Waals surface area contributed by atoms with Gasteiger partial charge in [0, 0.05) is 35.8 Å². The van der Waals surface area contributed by atoms with E-state index in [1.807, 2.05) is 60.3 Å². The molecule has 2 heterocycles. The van der Waals surface area contributed by atoms with Gasteiger partial charge in [0.2, 0.25) is 5.78 Å². The molecule has 31 heavy (non-hydrogen) atoms. The molecule has 154 valence electrons. The highest BCUT2D eigenvalue weighted by molar-refractivity contribution is 6.15. The number of carbonyl (C=O) groups is 1. The predicted molar refractivity (Wildman–Crippen MR) is 120 cm³/mol. The van der Waals surface area contributed by atoms with Gasteiger partial charge in [0.15, 0.2) is 5.76 Å². The lowest BCUT2D eigenvalue weighted by molar-refractivity contribution is 0.101. The second-order valence-electron chi connectivity index (χ2n) is 7.45. The van der Waals surface area contributed by atoms with E-state index in [9.17, 15) is 4.79 Å². The quantitative estimate of drug-likeness (QED) is 0.414. The topological polar surface area (TPSA) is 49.7 Å². The molecule has 0 N–H and O–H groups in total. The fourth-order valence-corrected chi connectivity index (χ4v) is 3.82. The van der Waals surface area contributed by atoms with Crippen molar-refractivity contribution in [2.45, 2.75) is 6.61 Å². The first-order chi connectivity index (χ1) is 15.1. The lowest BCUT2D eigenvalue weighted by Crippen LogP contribution is -1.98. The Labute approximate surface area is 180 Å². The molecule has 0 spiro atoms. The molecular formula is C26H21NO4. The van der Waals surface area contributed by atoms with Crippen molar-refractivity contribution in [1.82, 2.24) is 4.57 Å². The van der Waals surface area contributed by atoms with Gasteiger partial charge in [-0.15, -0.1) is 0 Å². The number of aryl methyl sites for hydroxylation is 1. The van der Waals surface area contributed by atoms with E-state index in [0.29, 0.717) is 29.4 Å². The van der Waals surface area contributed by atoms with Crippen LogP contribution < -0.4 is 14.2 Å². The highest BCUT2D eigenvalue weighted by Crippen LogP contribution is 2.36. The Kier molecular flexibility index (Phi) is 4.71. The van der Waals surface area contributed by atoms with E-state index in [1.54, 1.807) is 31.4 Å². The monoisotopic (exact) mass is 411 g/mol. The summed E-state index contributed by atoms with van der Waals surface area (Å²) < 4.78 is 19.1. The van der Waals surface area contributed by atoms with Crippen LogP contribution in [0.5, 0.6) is 17.2 Å². The minimum absolute atomic E-state index is 0.123. The molecule has 0 aliphatic carbocycles. The van der Waals surface area contributed by atoms with Gasteiger partial charge in [-0.05, 0) is 42.0 Å². The summed E-state index contributed by atoms with van der Waals surface area (Å²) in [5.74, 6) is 2.13. The van der Waals surface area contributed by atoms with Crippen LogP contribution in [0.2, 0.25) is 0 Å². The smallest absolute Gasteiger partial charge is 0.231 e. The molecule has 1 aliphatic rings. The zero-order chi connectivity index (χ0) is 21.4. The van der Waals surface area contributed by atoms with Gasteiger partial charge in [-0.3, -0.25) is 4.79 Å². The van der Waals surface area contributed by atoms with Gasteiger partial charge in [0.25, 0.3) is 0 Å². The van der Waals surface area contributed by atoms with E-state index in [2.05, 4.69) is 6.07 Å². The number of ether oxygens (including phenoxy) is 3. The molecule has 0 saturated carbocycles. The first kappa shape index (κ1) is 19.0. The molecular weight excluding hydrogens is 390 g/mol. The van der Waals surface area contributed by atoms with Gasteiger partial charge < -0.3 is 18.8 Å². The number of allylic oxidation sites excluding steroid dienone is 1. The van der Waals surface area contributed by atoms with Crippen molar-refractivity contribution in [2.24, 2.45) is 7.05 Å². The van der Waals surface area contributed by atoms with E-state index in [-0.39, 0.29) is 5.78 Å². The minimum Gasteiger partial charge on any atom is -0.497 e. The average molecular weight is 411 g/mol. The summed E-state index contributed by atoms with van der Waals surface area (Å²) in [5.41, 5.74) is 3.59. The molecule has 5 heteroatoms. The summed E-state index contributed by atoms with van der Waals surface area (Å²) >= 11 is 0. The first-order valence-corrected chi connectivity index (χ1v) is 10.0. The van der Waals surface area contributed by atoms with Crippen LogP contribution in [-0.2, 0) is 13.7 Å². The third kappa shape index (κ3) is 3.55. The molecule has 1 aromatic heterocycles. The number of methoxy groups -OCH3 is 1. The van der Waals surface area contributed by atoms with Crippen molar-refractivity contribution in [3.63, 3.8) is 0 Å². The molecule has 0 radical (unpaired) electrons. The summed E-state index contributed by atoms with van der Waals surface area (Å²) in [6, 6.07) is 21.1. The number of carbonyl (C=O) groups excluding carboxylic acids is 1. The van der Waals surface area contributed by atoms with Crippen LogP contribution in [0.4, 0.5) is 0 Å². The summed E-state index contributed by atoms with van der Waals surface area (Å²) in [6.45, 7) is 0.392. The second-order valence-corrected chi connectivity index (χ2v) is 7.45. The van der Waals surface area contributed by atoms with Crippen LogP contribution >= 0.6 is 0 Å². The highest BCUT2D eigenvalue weighted by atomic mass is 16.5. The maximum atomic E-state index is 12.9. The molecule has 0 saturated heterocycles. The number of para-hydroxylation sites is 1. The molecule has 5 nitrogen and oxygen atoms in total. The Balaban J connectivity index is 1.37. The molecule has 0 amide bonds. The minimum atomic E-state index is -0.123. The van der Waals surface area contributed by atoms with Crippen molar-refractivity contribution in [3.05, 3.63) is 95.4 Å². The molecule has 0 fully saturated rings. The largest absolute Gasteiger partial charge is 0.497 e. The predicted octanol–water partition coefficient (Wildman–Crippen LogP) is 5.38. The summed E-state index contributed by atoms with van der Waals surface area (Å²) in [7, 11) is 3.63. The highest BCUT2D eigenvalue weighted by Gasteiger charge is 2.28. The Morgan fingerprint density at radius 3 is 2.74 bits per heavy atom. The summed E-state index contributed by atoms with van der Waals surface area (Å²) in [5, 5.41) is 1.08. The van der Waals surface area contributed by atoms with E-state index in [4.69, 9.17) is 14.2 Å². The number of aromatic nitrogens is 1. The standard InChI is InChI=1S/C26H21NO4/c1-27-15-18(21-8-3-4-9-23(21)27)13-25-26(28)22-11-10-20(14-24(22)31-25)30-16-17-6-5-7-19(12-17)29-2/h3-15H,16H2,1-2H3/b25-13+. The van der Waals surface area contributed by atoms with Crippen LogP contribution in [-0.4, -0.2) is 17.5 Å². The maximum absolute atomic E-state index is 12.9. The molecule has 0 atom stereocenters. The summed E-state index contributed by atoms with van der Waals surface area (Å²) in [4.78, 5) is 12.9. The summed E-state index contributed by atoms with van der Waals surface area (Å²) in [6.07, 6.45) is 3.81. The average Bonchev–Trinajstić information content (AvgIpc) is 3.29. The van der Waals surface area contributed by atoms with Crippen LogP contribution in [0, 0.1) is 0 Å². The molecule has 5 rings (SSSR count). The molecule has 0 unspecified atom stereocenters. The van der Waals surface area contributed by atoms with Crippen molar-refractivity contribution in [2.75, 3.05) is 7.11 Å². The number of rotatable bonds is 5.